The van der Waals surface area contributed by atoms with Crippen molar-refractivity contribution in [3.8, 4) is 0 Å². The molecule has 0 saturated carbocycles. The molecule has 0 aliphatic carbocycles. The van der Waals surface area contributed by atoms with Gasteiger partial charge in [-0.25, -0.2) is 0 Å². The third-order valence-electron chi connectivity index (χ3n) is 3.99. The Morgan fingerprint density at radius 3 is 2.84 bits per heavy atom. The van der Waals surface area contributed by atoms with Gasteiger partial charge in [-0.3, -0.25) is 14.4 Å². The number of amides is 1. The first-order valence-electron chi connectivity index (χ1n) is 6.92. The molecular weight excluding hydrogens is 308 g/mol. The van der Waals surface area contributed by atoms with Gasteiger partial charge in [0.25, 0.3) is 0 Å². The standard InChI is InChI=1S/C13H19BrN4O/c14-11-7-15-18(8-11)12-9-16(10-12)5-6-17-4-2-1-3-13(17)19/h7-8,12H,1-6,9-10H2. The molecule has 6 heteroatoms. The molecule has 104 valence electrons. The SMILES string of the molecule is O=C1CCCCN1CCN1CC(n2cc(Br)cn2)C1. The van der Waals surface area contributed by atoms with E-state index in [4.69, 9.17) is 0 Å². The van der Waals surface area contributed by atoms with Gasteiger partial charge in [-0.15, -0.1) is 0 Å². The molecule has 0 bridgehead atoms. The predicted molar refractivity (Wildman–Crippen MR) is 75.8 cm³/mol. The van der Waals surface area contributed by atoms with Crippen LogP contribution in [-0.2, 0) is 4.79 Å². The van der Waals surface area contributed by atoms with Gasteiger partial charge < -0.3 is 4.90 Å². The Morgan fingerprint density at radius 2 is 2.16 bits per heavy atom. The summed E-state index contributed by atoms with van der Waals surface area (Å²) in [5.41, 5.74) is 0. The highest BCUT2D eigenvalue weighted by molar-refractivity contribution is 9.10. The molecule has 0 aromatic carbocycles. The van der Waals surface area contributed by atoms with E-state index in [9.17, 15) is 4.79 Å². The van der Waals surface area contributed by atoms with E-state index in [0.29, 0.717) is 11.9 Å². The first-order chi connectivity index (χ1) is 9.22. The molecular formula is C13H19BrN4O. The molecule has 3 heterocycles. The zero-order chi connectivity index (χ0) is 13.2. The molecule has 2 saturated heterocycles. The number of piperidine rings is 1. The number of rotatable bonds is 4. The van der Waals surface area contributed by atoms with Crippen LogP contribution in [0.1, 0.15) is 25.3 Å². The minimum Gasteiger partial charge on any atom is -0.341 e. The summed E-state index contributed by atoms with van der Waals surface area (Å²) in [6.07, 6.45) is 6.82. The number of hydrogen-bond donors (Lipinski definition) is 0. The first-order valence-corrected chi connectivity index (χ1v) is 7.71. The van der Waals surface area contributed by atoms with Crippen molar-refractivity contribution >= 4 is 21.8 Å². The second-order valence-electron chi connectivity index (χ2n) is 5.39. The molecule has 2 aliphatic rings. The molecule has 0 unspecified atom stereocenters. The molecule has 19 heavy (non-hydrogen) atoms. The first kappa shape index (κ1) is 13.1. The lowest BCUT2D eigenvalue weighted by atomic mass is 10.1. The summed E-state index contributed by atoms with van der Waals surface area (Å²) in [6, 6.07) is 0.489. The van der Waals surface area contributed by atoms with E-state index in [1.165, 1.54) is 0 Å². The van der Waals surface area contributed by atoms with Gasteiger partial charge in [0.2, 0.25) is 5.91 Å². The van der Waals surface area contributed by atoms with Crippen molar-refractivity contribution in [3.63, 3.8) is 0 Å². The minimum atomic E-state index is 0.333. The van der Waals surface area contributed by atoms with E-state index < -0.39 is 0 Å². The largest absolute Gasteiger partial charge is 0.341 e. The highest BCUT2D eigenvalue weighted by atomic mass is 79.9. The maximum Gasteiger partial charge on any atom is 0.222 e. The van der Waals surface area contributed by atoms with Crippen LogP contribution in [0.2, 0.25) is 0 Å². The summed E-state index contributed by atoms with van der Waals surface area (Å²) in [4.78, 5) is 16.1. The Labute approximate surface area is 121 Å². The van der Waals surface area contributed by atoms with Crippen LogP contribution in [0.15, 0.2) is 16.9 Å². The molecule has 3 rings (SSSR count). The van der Waals surface area contributed by atoms with Crippen molar-refractivity contribution in [2.24, 2.45) is 0 Å². The molecule has 1 amide bonds. The third kappa shape index (κ3) is 3.00. The molecule has 1 aromatic rings. The van der Waals surface area contributed by atoms with Crippen LogP contribution in [0.3, 0.4) is 0 Å². The van der Waals surface area contributed by atoms with Gasteiger partial charge in [-0.1, -0.05) is 0 Å². The molecule has 0 atom stereocenters. The summed E-state index contributed by atoms with van der Waals surface area (Å²) in [6.45, 7) is 4.90. The number of aromatic nitrogens is 2. The maximum atomic E-state index is 11.7. The van der Waals surface area contributed by atoms with Crippen LogP contribution in [0.4, 0.5) is 0 Å². The summed E-state index contributed by atoms with van der Waals surface area (Å²) >= 11 is 3.42. The lowest BCUT2D eigenvalue weighted by Crippen LogP contribution is -2.51. The number of nitrogens with zero attached hydrogens (tertiary/aromatic N) is 4. The van der Waals surface area contributed by atoms with E-state index in [0.717, 1.165) is 56.5 Å². The molecule has 2 aliphatic heterocycles. The van der Waals surface area contributed by atoms with Gasteiger partial charge in [0, 0.05) is 45.3 Å². The van der Waals surface area contributed by atoms with E-state index >= 15 is 0 Å². The van der Waals surface area contributed by atoms with Crippen LogP contribution < -0.4 is 0 Å². The Balaban J connectivity index is 1.41. The zero-order valence-corrected chi connectivity index (χ0v) is 12.5. The number of carbonyl (C=O) groups excluding carboxylic acids is 1. The smallest absolute Gasteiger partial charge is 0.222 e. The summed E-state index contributed by atoms with van der Waals surface area (Å²) in [7, 11) is 0. The number of carbonyl (C=O) groups is 1. The molecule has 0 radical (unpaired) electrons. The van der Waals surface area contributed by atoms with Crippen LogP contribution in [0.25, 0.3) is 0 Å². The average molecular weight is 327 g/mol. The van der Waals surface area contributed by atoms with Crippen LogP contribution in [-0.4, -0.2) is 58.2 Å². The Kier molecular flexibility index (Phi) is 3.88. The second-order valence-corrected chi connectivity index (χ2v) is 6.31. The van der Waals surface area contributed by atoms with Crippen molar-refractivity contribution in [1.82, 2.24) is 19.6 Å². The van der Waals surface area contributed by atoms with E-state index in [-0.39, 0.29) is 0 Å². The monoisotopic (exact) mass is 326 g/mol. The molecule has 0 N–H and O–H groups in total. The molecule has 5 nitrogen and oxygen atoms in total. The Hall–Kier alpha value is -0.880. The minimum absolute atomic E-state index is 0.333. The zero-order valence-electron chi connectivity index (χ0n) is 11.0. The highest BCUT2D eigenvalue weighted by Crippen LogP contribution is 2.22. The van der Waals surface area contributed by atoms with Gasteiger partial charge >= 0.3 is 0 Å². The number of halogens is 1. The maximum absolute atomic E-state index is 11.7. The van der Waals surface area contributed by atoms with Crippen LogP contribution >= 0.6 is 15.9 Å². The molecule has 0 spiro atoms. The van der Waals surface area contributed by atoms with Crippen LogP contribution in [0.5, 0.6) is 0 Å². The molecule has 2 fully saturated rings. The van der Waals surface area contributed by atoms with Crippen molar-refractivity contribution in [2.75, 3.05) is 32.7 Å². The quantitative estimate of drug-likeness (QED) is 0.842. The van der Waals surface area contributed by atoms with Crippen molar-refractivity contribution < 1.29 is 4.79 Å². The number of likely N-dealkylation sites (tertiary alicyclic amines) is 2. The van der Waals surface area contributed by atoms with Crippen LogP contribution in [0, 0.1) is 0 Å². The lowest BCUT2D eigenvalue weighted by molar-refractivity contribution is -0.133. The van der Waals surface area contributed by atoms with E-state index in [1.807, 2.05) is 22.0 Å². The lowest BCUT2D eigenvalue weighted by Gasteiger charge is -2.40. The third-order valence-corrected chi connectivity index (χ3v) is 4.40. The summed E-state index contributed by atoms with van der Waals surface area (Å²) < 4.78 is 3.05. The van der Waals surface area contributed by atoms with Crippen molar-refractivity contribution in [2.45, 2.75) is 25.3 Å². The summed E-state index contributed by atoms with van der Waals surface area (Å²) in [5, 5.41) is 4.31. The van der Waals surface area contributed by atoms with Gasteiger partial charge in [0.1, 0.15) is 0 Å². The van der Waals surface area contributed by atoms with Crippen molar-refractivity contribution in [1.29, 1.82) is 0 Å². The fraction of sp³-hybridized carbons (Fsp3) is 0.692. The fourth-order valence-corrected chi connectivity index (χ4v) is 3.07. The van der Waals surface area contributed by atoms with E-state index in [1.54, 1.807) is 0 Å². The number of hydrogen-bond acceptors (Lipinski definition) is 3. The van der Waals surface area contributed by atoms with E-state index in [2.05, 4.69) is 25.9 Å². The highest BCUT2D eigenvalue weighted by Gasteiger charge is 2.29. The fourth-order valence-electron chi connectivity index (χ4n) is 2.77. The predicted octanol–water partition coefficient (Wildman–Crippen LogP) is 1.51. The molecule has 1 aromatic heterocycles. The van der Waals surface area contributed by atoms with Gasteiger partial charge in [-0.05, 0) is 28.8 Å². The Bertz CT molecular complexity index is 455. The topological polar surface area (TPSA) is 41.4 Å². The van der Waals surface area contributed by atoms with Gasteiger partial charge in [0.15, 0.2) is 0 Å². The van der Waals surface area contributed by atoms with Gasteiger partial charge in [-0.2, -0.15) is 5.10 Å². The van der Waals surface area contributed by atoms with Crippen molar-refractivity contribution in [3.05, 3.63) is 16.9 Å². The van der Waals surface area contributed by atoms with Gasteiger partial charge in [0.05, 0.1) is 16.7 Å². The Morgan fingerprint density at radius 1 is 1.32 bits per heavy atom. The average Bonchev–Trinajstić information content (AvgIpc) is 2.76. The normalized spacial score (nSPS) is 21.7. The summed E-state index contributed by atoms with van der Waals surface area (Å²) in [5.74, 6) is 0.333. The second kappa shape index (κ2) is 5.63.